The number of ether oxygens (including phenoxy) is 1. The number of carbonyl (C=O) groups is 1. The van der Waals surface area contributed by atoms with E-state index in [-0.39, 0.29) is 6.42 Å². The summed E-state index contributed by atoms with van der Waals surface area (Å²) in [6, 6.07) is 6.93. The summed E-state index contributed by atoms with van der Waals surface area (Å²) >= 11 is 0. The minimum Gasteiger partial charge on any atom is -0.481 e. The summed E-state index contributed by atoms with van der Waals surface area (Å²) in [4.78, 5) is 25.8. The lowest BCUT2D eigenvalue weighted by atomic mass is 10.1. The molecule has 0 atom stereocenters. The van der Waals surface area contributed by atoms with Crippen molar-refractivity contribution in [2.45, 2.75) is 6.42 Å². The Kier molecular flexibility index (Phi) is 3.00. The summed E-state index contributed by atoms with van der Waals surface area (Å²) in [7, 11) is 0. The average molecular weight is 270 g/mol. The van der Waals surface area contributed by atoms with Crippen molar-refractivity contribution in [3.05, 3.63) is 42.5 Å². The Bertz CT molecular complexity index is 769. The molecule has 0 unspecified atom stereocenters. The van der Waals surface area contributed by atoms with Gasteiger partial charge >= 0.3 is 5.97 Å². The Morgan fingerprint density at radius 3 is 2.95 bits per heavy atom. The van der Waals surface area contributed by atoms with Gasteiger partial charge in [-0.25, -0.2) is 9.97 Å². The smallest absolute Gasteiger partial charge is 0.307 e. The standard InChI is InChI=1S/C13H10N4O3/c18-10(19)5-8-3-1-2-4-9(8)20-13-11-12(15-6-14-11)16-7-17-13/h1-4,6-7H,5H2,(H,18,19)(H,14,15,16,17). The maximum atomic E-state index is 10.8. The second-order valence-electron chi connectivity index (χ2n) is 4.06. The molecule has 3 aromatic rings. The highest BCUT2D eigenvalue weighted by Gasteiger charge is 2.12. The molecule has 20 heavy (non-hydrogen) atoms. The van der Waals surface area contributed by atoms with E-state index in [2.05, 4.69) is 19.9 Å². The van der Waals surface area contributed by atoms with Crippen molar-refractivity contribution in [1.29, 1.82) is 0 Å². The first-order valence-electron chi connectivity index (χ1n) is 5.85. The van der Waals surface area contributed by atoms with Gasteiger partial charge in [0.15, 0.2) is 5.65 Å². The molecule has 0 aliphatic rings. The van der Waals surface area contributed by atoms with Gasteiger partial charge in [-0.3, -0.25) is 4.79 Å². The number of fused-ring (bicyclic) bond motifs is 1. The van der Waals surface area contributed by atoms with Gasteiger partial charge in [0, 0.05) is 5.56 Å². The summed E-state index contributed by atoms with van der Waals surface area (Å²) in [6.45, 7) is 0. The van der Waals surface area contributed by atoms with Gasteiger partial charge < -0.3 is 14.8 Å². The molecule has 2 heterocycles. The lowest BCUT2D eigenvalue weighted by Crippen LogP contribution is -2.02. The summed E-state index contributed by atoms with van der Waals surface area (Å²) in [5.74, 6) is -0.162. The Balaban J connectivity index is 1.99. The number of imidazole rings is 1. The van der Waals surface area contributed by atoms with E-state index in [1.165, 1.54) is 12.7 Å². The third kappa shape index (κ3) is 2.28. The summed E-state index contributed by atoms with van der Waals surface area (Å²) < 4.78 is 5.70. The van der Waals surface area contributed by atoms with Crippen molar-refractivity contribution in [2.75, 3.05) is 0 Å². The molecule has 2 aromatic heterocycles. The molecule has 100 valence electrons. The van der Waals surface area contributed by atoms with E-state index in [0.29, 0.717) is 28.4 Å². The van der Waals surface area contributed by atoms with Crippen LogP contribution in [0.25, 0.3) is 11.2 Å². The number of aromatic nitrogens is 4. The molecule has 0 radical (unpaired) electrons. The second-order valence-corrected chi connectivity index (χ2v) is 4.06. The van der Waals surface area contributed by atoms with Crippen molar-refractivity contribution in [2.24, 2.45) is 0 Å². The van der Waals surface area contributed by atoms with E-state index in [1.54, 1.807) is 24.3 Å². The van der Waals surface area contributed by atoms with E-state index in [4.69, 9.17) is 9.84 Å². The van der Waals surface area contributed by atoms with Crippen LogP contribution in [0.1, 0.15) is 5.56 Å². The van der Waals surface area contributed by atoms with Crippen LogP contribution in [0.5, 0.6) is 11.6 Å². The Morgan fingerprint density at radius 2 is 2.10 bits per heavy atom. The van der Waals surface area contributed by atoms with Crippen molar-refractivity contribution in [1.82, 2.24) is 19.9 Å². The van der Waals surface area contributed by atoms with Crippen LogP contribution in [0, 0.1) is 0 Å². The highest BCUT2D eigenvalue weighted by molar-refractivity contribution is 5.76. The first-order chi connectivity index (χ1) is 9.74. The number of carboxylic acid groups (broad SMARTS) is 1. The lowest BCUT2D eigenvalue weighted by molar-refractivity contribution is -0.136. The van der Waals surface area contributed by atoms with Crippen molar-refractivity contribution >= 4 is 17.1 Å². The van der Waals surface area contributed by atoms with Gasteiger partial charge in [0.25, 0.3) is 0 Å². The normalized spacial score (nSPS) is 10.6. The van der Waals surface area contributed by atoms with Gasteiger partial charge in [0.2, 0.25) is 5.88 Å². The maximum Gasteiger partial charge on any atom is 0.307 e. The molecular weight excluding hydrogens is 260 g/mol. The molecule has 3 rings (SSSR count). The SMILES string of the molecule is O=C(O)Cc1ccccc1Oc1ncnc2nc[nH]c12. The van der Waals surface area contributed by atoms with Crippen molar-refractivity contribution in [3.8, 4) is 11.6 Å². The minimum atomic E-state index is -0.921. The van der Waals surface area contributed by atoms with Crippen LogP contribution in [0.4, 0.5) is 0 Å². The number of aliphatic carboxylic acids is 1. The maximum absolute atomic E-state index is 10.8. The fraction of sp³-hybridized carbons (Fsp3) is 0.0769. The lowest BCUT2D eigenvalue weighted by Gasteiger charge is -2.09. The fourth-order valence-electron chi connectivity index (χ4n) is 1.84. The predicted octanol–water partition coefficient (Wildman–Crippen LogP) is 1.77. The van der Waals surface area contributed by atoms with Gasteiger partial charge in [-0.1, -0.05) is 18.2 Å². The third-order valence-electron chi connectivity index (χ3n) is 2.71. The molecule has 0 amide bonds. The number of aromatic amines is 1. The van der Waals surface area contributed by atoms with Crippen LogP contribution in [-0.4, -0.2) is 31.0 Å². The molecule has 0 aliphatic carbocycles. The number of carboxylic acids is 1. The number of nitrogens with one attached hydrogen (secondary N) is 1. The molecule has 0 aliphatic heterocycles. The Morgan fingerprint density at radius 1 is 1.25 bits per heavy atom. The molecule has 0 saturated carbocycles. The molecule has 0 bridgehead atoms. The number of hydrogen-bond donors (Lipinski definition) is 2. The molecule has 0 spiro atoms. The highest BCUT2D eigenvalue weighted by atomic mass is 16.5. The highest BCUT2D eigenvalue weighted by Crippen LogP contribution is 2.27. The number of nitrogens with zero attached hydrogens (tertiary/aromatic N) is 3. The average Bonchev–Trinajstić information content (AvgIpc) is 2.90. The van der Waals surface area contributed by atoms with Crippen molar-refractivity contribution in [3.63, 3.8) is 0 Å². The van der Waals surface area contributed by atoms with Crippen LogP contribution in [0.2, 0.25) is 0 Å². The summed E-state index contributed by atoms with van der Waals surface area (Å²) in [6.07, 6.45) is 2.72. The van der Waals surface area contributed by atoms with E-state index in [1.807, 2.05) is 0 Å². The summed E-state index contributed by atoms with van der Waals surface area (Å²) in [5, 5.41) is 8.90. The van der Waals surface area contributed by atoms with Crippen LogP contribution >= 0.6 is 0 Å². The topological polar surface area (TPSA) is 101 Å². The number of hydrogen-bond acceptors (Lipinski definition) is 5. The predicted molar refractivity (Wildman–Crippen MR) is 69.5 cm³/mol. The van der Waals surface area contributed by atoms with Crippen molar-refractivity contribution < 1.29 is 14.6 Å². The zero-order valence-corrected chi connectivity index (χ0v) is 10.3. The van der Waals surface area contributed by atoms with E-state index in [9.17, 15) is 4.79 Å². The zero-order chi connectivity index (χ0) is 13.9. The van der Waals surface area contributed by atoms with Crippen LogP contribution < -0.4 is 4.74 Å². The number of benzene rings is 1. The largest absolute Gasteiger partial charge is 0.481 e. The Hall–Kier alpha value is -2.96. The monoisotopic (exact) mass is 270 g/mol. The first kappa shape index (κ1) is 12.1. The first-order valence-corrected chi connectivity index (χ1v) is 5.85. The van der Waals surface area contributed by atoms with Gasteiger partial charge in [0.05, 0.1) is 12.7 Å². The Labute approximate surface area is 113 Å². The molecule has 7 heteroatoms. The third-order valence-corrected chi connectivity index (χ3v) is 2.71. The van der Waals surface area contributed by atoms with Gasteiger partial charge in [0.1, 0.15) is 17.6 Å². The van der Waals surface area contributed by atoms with E-state index >= 15 is 0 Å². The van der Waals surface area contributed by atoms with E-state index < -0.39 is 5.97 Å². The molecular formula is C13H10N4O3. The number of rotatable bonds is 4. The zero-order valence-electron chi connectivity index (χ0n) is 10.3. The van der Waals surface area contributed by atoms with Crippen LogP contribution in [-0.2, 0) is 11.2 Å². The molecule has 0 saturated heterocycles. The van der Waals surface area contributed by atoms with Crippen LogP contribution in [0.3, 0.4) is 0 Å². The number of para-hydroxylation sites is 1. The van der Waals surface area contributed by atoms with Gasteiger partial charge in [-0.05, 0) is 6.07 Å². The second kappa shape index (κ2) is 4.96. The molecule has 7 nitrogen and oxygen atoms in total. The molecule has 1 aromatic carbocycles. The summed E-state index contributed by atoms with van der Waals surface area (Å²) in [5.41, 5.74) is 1.63. The number of H-pyrrole nitrogens is 1. The van der Waals surface area contributed by atoms with Gasteiger partial charge in [-0.2, -0.15) is 4.98 Å². The van der Waals surface area contributed by atoms with Gasteiger partial charge in [-0.15, -0.1) is 0 Å². The molecule has 2 N–H and O–H groups in total. The van der Waals surface area contributed by atoms with E-state index in [0.717, 1.165) is 0 Å². The minimum absolute atomic E-state index is 0.118. The molecule has 0 fully saturated rings. The quantitative estimate of drug-likeness (QED) is 0.749. The fourth-order valence-corrected chi connectivity index (χ4v) is 1.84. The van der Waals surface area contributed by atoms with Crippen LogP contribution in [0.15, 0.2) is 36.9 Å².